The summed E-state index contributed by atoms with van der Waals surface area (Å²) in [7, 11) is 0. The maximum atomic E-state index is 12.2. The summed E-state index contributed by atoms with van der Waals surface area (Å²) < 4.78 is 7.70. The molecule has 1 aromatic rings. The Bertz CT molecular complexity index is 612. The zero-order valence-electron chi connectivity index (χ0n) is 16.2. The maximum Gasteiger partial charge on any atom is 0.410 e. The van der Waals surface area contributed by atoms with Gasteiger partial charge in [-0.05, 0) is 59.5 Å². The van der Waals surface area contributed by atoms with Crippen molar-refractivity contribution < 1.29 is 9.53 Å². The minimum absolute atomic E-state index is 0.216. The highest BCUT2D eigenvalue weighted by molar-refractivity contribution is 6.29. The molecular formula is C19H31ClN4O2. The number of likely N-dealkylation sites (tertiary alicyclic amines) is 2. The van der Waals surface area contributed by atoms with E-state index in [1.165, 1.54) is 25.9 Å². The van der Waals surface area contributed by atoms with Gasteiger partial charge >= 0.3 is 6.09 Å². The number of amides is 1. The summed E-state index contributed by atoms with van der Waals surface area (Å²) in [5.41, 5.74) is -0.451. The van der Waals surface area contributed by atoms with Crippen molar-refractivity contribution in [2.24, 2.45) is 0 Å². The second-order valence-corrected chi connectivity index (χ2v) is 8.79. The molecule has 0 aromatic carbocycles. The molecule has 0 saturated carbocycles. The first-order valence-corrected chi connectivity index (χ1v) is 10.1. The number of hydrogen-bond acceptors (Lipinski definition) is 4. The number of nitrogens with zero attached hydrogens (tertiary/aromatic N) is 4. The molecule has 0 spiro atoms. The van der Waals surface area contributed by atoms with E-state index in [-0.39, 0.29) is 6.09 Å². The van der Waals surface area contributed by atoms with Crippen molar-refractivity contribution in [2.75, 3.05) is 32.7 Å². The number of piperidine rings is 1. The van der Waals surface area contributed by atoms with Crippen molar-refractivity contribution in [3.8, 4) is 0 Å². The summed E-state index contributed by atoms with van der Waals surface area (Å²) in [4.78, 5) is 21.1. The number of carbonyl (C=O) groups excluding carboxylic acids is 1. The molecule has 0 unspecified atom stereocenters. The van der Waals surface area contributed by atoms with Crippen LogP contribution in [0.2, 0.25) is 5.15 Å². The molecule has 146 valence electrons. The van der Waals surface area contributed by atoms with Crippen molar-refractivity contribution >= 4 is 17.7 Å². The summed E-state index contributed by atoms with van der Waals surface area (Å²) in [6, 6.07) is 0. The van der Waals surface area contributed by atoms with Gasteiger partial charge in [0, 0.05) is 38.3 Å². The van der Waals surface area contributed by atoms with Crippen LogP contribution in [0, 0.1) is 0 Å². The largest absolute Gasteiger partial charge is 0.444 e. The average molecular weight is 383 g/mol. The Hall–Kier alpha value is -1.27. The Morgan fingerprint density at radius 3 is 2.46 bits per heavy atom. The molecular weight excluding hydrogens is 352 g/mol. The lowest BCUT2D eigenvalue weighted by Gasteiger charge is -2.33. The third-order valence-corrected chi connectivity index (χ3v) is 5.33. The molecule has 0 atom stereocenters. The van der Waals surface area contributed by atoms with Crippen molar-refractivity contribution in [1.82, 2.24) is 19.4 Å². The van der Waals surface area contributed by atoms with E-state index in [2.05, 4.69) is 14.5 Å². The van der Waals surface area contributed by atoms with Gasteiger partial charge in [-0.1, -0.05) is 11.6 Å². The standard InChI is InChI=1S/C19H31ClN4O2/c1-19(2,3)26-18(25)23-10-6-15(7-11-23)17-21-16(20)14-24(17)13-12-22-8-4-5-9-22/h14-15H,4-13H2,1-3H3. The van der Waals surface area contributed by atoms with E-state index in [0.717, 1.165) is 31.8 Å². The van der Waals surface area contributed by atoms with Gasteiger partial charge in [-0.2, -0.15) is 0 Å². The minimum atomic E-state index is -0.451. The molecule has 0 N–H and O–H groups in total. The molecule has 0 aliphatic carbocycles. The molecule has 2 fully saturated rings. The molecule has 3 rings (SSSR count). The highest BCUT2D eigenvalue weighted by atomic mass is 35.5. The fraction of sp³-hybridized carbons (Fsp3) is 0.789. The predicted octanol–water partition coefficient (Wildman–Crippen LogP) is 3.75. The molecule has 1 aromatic heterocycles. The van der Waals surface area contributed by atoms with Crippen LogP contribution in [0.15, 0.2) is 6.20 Å². The zero-order valence-corrected chi connectivity index (χ0v) is 17.0. The SMILES string of the molecule is CC(C)(C)OC(=O)N1CCC(c2nc(Cl)cn2CCN2CCCC2)CC1. The van der Waals surface area contributed by atoms with Crippen LogP contribution in [0.25, 0.3) is 0 Å². The van der Waals surface area contributed by atoms with E-state index in [1.54, 1.807) is 4.90 Å². The lowest BCUT2D eigenvalue weighted by atomic mass is 9.96. The number of halogens is 1. The highest BCUT2D eigenvalue weighted by Crippen LogP contribution is 2.29. The van der Waals surface area contributed by atoms with Crippen LogP contribution in [0.4, 0.5) is 4.79 Å². The number of rotatable bonds is 4. The van der Waals surface area contributed by atoms with Gasteiger partial charge in [0.2, 0.25) is 0 Å². The average Bonchev–Trinajstić information content (AvgIpc) is 3.21. The van der Waals surface area contributed by atoms with Crippen LogP contribution in [-0.4, -0.2) is 63.8 Å². The van der Waals surface area contributed by atoms with Gasteiger partial charge in [-0.25, -0.2) is 9.78 Å². The topological polar surface area (TPSA) is 50.6 Å². The summed E-state index contributed by atoms with van der Waals surface area (Å²) in [6.07, 6.45) is 6.15. The molecule has 2 saturated heterocycles. The van der Waals surface area contributed by atoms with Gasteiger partial charge < -0.3 is 19.1 Å². The number of hydrogen-bond donors (Lipinski definition) is 0. The van der Waals surface area contributed by atoms with Crippen LogP contribution < -0.4 is 0 Å². The van der Waals surface area contributed by atoms with Crippen LogP contribution in [0.5, 0.6) is 0 Å². The molecule has 1 amide bonds. The Morgan fingerprint density at radius 2 is 1.85 bits per heavy atom. The Labute approximate surface area is 161 Å². The minimum Gasteiger partial charge on any atom is -0.444 e. The first-order valence-electron chi connectivity index (χ1n) is 9.75. The lowest BCUT2D eigenvalue weighted by molar-refractivity contribution is 0.0202. The smallest absolute Gasteiger partial charge is 0.410 e. The van der Waals surface area contributed by atoms with Crippen molar-refractivity contribution in [3.05, 3.63) is 17.2 Å². The molecule has 0 radical (unpaired) electrons. The summed E-state index contributed by atoms with van der Waals surface area (Å²) >= 11 is 6.20. The molecule has 26 heavy (non-hydrogen) atoms. The van der Waals surface area contributed by atoms with Gasteiger partial charge in [0.25, 0.3) is 0 Å². The van der Waals surface area contributed by atoms with E-state index < -0.39 is 5.60 Å². The van der Waals surface area contributed by atoms with Crippen LogP contribution in [0.3, 0.4) is 0 Å². The van der Waals surface area contributed by atoms with E-state index in [1.807, 2.05) is 27.0 Å². The fourth-order valence-electron chi connectivity index (χ4n) is 3.80. The highest BCUT2D eigenvalue weighted by Gasteiger charge is 2.29. The number of imidazole rings is 1. The Balaban J connectivity index is 1.56. The van der Waals surface area contributed by atoms with Crippen molar-refractivity contribution in [2.45, 2.75) is 64.5 Å². The van der Waals surface area contributed by atoms with Gasteiger partial charge in [0.15, 0.2) is 0 Å². The molecule has 6 nitrogen and oxygen atoms in total. The number of ether oxygens (including phenoxy) is 1. The van der Waals surface area contributed by atoms with Gasteiger partial charge in [-0.3, -0.25) is 0 Å². The maximum absolute atomic E-state index is 12.2. The third kappa shape index (κ3) is 5.13. The monoisotopic (exact) mass is 382 g/mol. The second-order valence-electron chi connectivity index (χ2n) is 8.41. The summed E-state index contributed by atoms with van der Waals surface area (Å²) in [5, 5.41) is 0.566. The number of carbonyl (C=O) groups is 1. The normalized spacial score (nSPS) is 19.9. The summed E-state index contributed by atoms with van der Waals surface area (Å²) in [6.45, 7) is 11.5. The number of aromatic nitrogens is 2. The van der Waals surface area contributed by atoms with Gasteiger partial charge in [0.05, 0.1) is 0 Å². The fourth-order valence-corrected chi connectivity index (χ4v) is 4.01. The first kappa shape index (κ1) is 19.5. The van der Waals surface area contributed by atoms with Gasteiger partial charge in [-0.15, -0.1) is 0 Å². The first-order chi connectivity index (χ1) is 12.3. The van der Waals surface area contributed by atoms with Crippen LogP contribution in [0.1, 0.15) is 58.2 Å². The van der Waals surface area contributed by atoms with Crippen LogP contribution >= 0.6 is 11.6 Å². The molecule has 2 aliphatic heterocycles. The molecule has 7 heteroatoms. The zero-order chi connectivity index (χ0) is 18.7. The molecule has 3 heterocycles. The molecule has 0 bridgehead atoms. The summed E-state index contributed by atoms with van der Waals surface area (Å²) in [5.74, 6) is 1.41. The van der Waals surface area contributed by atoms with Gasteiger partial charge in [0.1, 0.15) is 16.6 Å². The second kappa shape index (κ2) is 8.17. The van der Waals surface area contributed by atoms with E-state index in [4.69, 9.17) is 16.3 Å². The van der Waals surface area contributed by atoms with Crippen molar-refractivity contribution in [3.63, 3.8) is 0 Å². The van der Waals surface area contributed by atoms with Crippen molar-refractivity contribution in [1.29, 1.82) is 0 Å². The Kier molecular flexibility index (Phi) is 6.13. The lowest BCUT2D eigenvalue weighted by Crippen LogP contribution is -2.41. The van der Waals surface area contributed by atoms with E-state index in [0.29, 0.717) is 24.2 Å². The van der Waals surface area contributed by atoms with Crippen LogP contribution in [-0.2, 0) is 11.3 Å². The van der Waals surface area contributed by atoms with E-state index >= 15 is 0 Å². The van der Waals surface area contributed by atoms with E-state index in [9.17, 15) is 4.79 Å². The Morgan fingerprint density at radius 1 is 1.19 bits per heavy atom. The third-order valence-electron chi connectivity index (χ3n) is 5.15. The predicted molar refractivity (Wildman–Crippen MR) is 103 cm³/mol. The molecule has 2 aliphatic rings. The quantitative estimate of drug-likeness (QED) is 0.795.